The molecule has 34 heavy (non-hydrogen) atoms. The molecule has 2 aromatic carbocycles. The zero-order valence-corrected chi connectivity index (χ0v) is 20.1. The number of tetrazole rings is 1. The van der Waals surface area contributed by atoms with Gasteiger partial charge < -0.3 is 0 Å². The molecular formula is C26H30N6O2. The van der Waals surface area contributed by atoms with Crippen LogP contribution in [0.25, 0.3) is 16.8 Å². The average molecular weight is 459 g/mol. The molecule has 8 nitrogen and oxygen atoms in total. The van der Waals surface area contributed by atoms with Gasteiger partial charge in [0.2, 0.25) is 5.91 Å². The zero-order valence-electron chi connectivity index (χ0n) is 20.1. The fraction of sp³-hybridized carbons (Fsp3) is 0.346. The smallest absolute Gasteiger partial charge is 0.291 e. The molecule has 0 bridgehead atoms. The summed E-state index contributed by atoms with van der Waals surface area (Å²) in [6.07, 6.45) is 5.35. The summed E-state index contributed by atoms with van der Waals surface area (Å²) < 4.78 is 4.64. The predicted molar refractivity (Wildman–Crippen MR) is 131 cm³/mol. The first-order chi connectivity index (χ1) is 16.3. The van der Waals surface area contributed by atoms with E-state index in [4.69, 9.17) is 0 Å². The third-order valence-electron chi connectivity index (χ3n) is 5.87. The van der Waals surface area contributed by atoms with Crippen molar-refractivity contribution < 1.29 is 4.79 Å². The fourth-order valence-corrected chi connectivity index (χ4v) is 4.02. The van der Waals surface area contributed by atoms with Gasteiger partial charge in [-0.25, -0.2) is 9.36 Å². The van der Waals surface area contributed by atoms with E-state index >= 15 is 0 Å². The number of rotatable bonds is 7. The molecule has 176 valence electrons. The molecule has 0 aliphatic carbocycles. The molecule has 0 spiro atoms. The van der Waals surface area contributed by atoms with Crippen molar-refractivity contribution in [2.75, 3.05) is 0 Å². The molecule has 0 unspecified atom stereocenters. The molecule has 0 saturated carbocycles. The van der Waals surface area contributed by atoms with Crippen molar-refractivity contribution in [1.82, 2.24) is 29.3 Å². The van der Waals surface area contributed by atoms with Crippen LogP contribution in [0.4, 0.5) is 0 Å². The molecule has 0 radical (unpaired) electrons. The maximum absolute atomic E-state index is 13.2. The number of hydrogen-bond acceptors (Lipinski definition) is 5. The van der Waals surface area contributed by atoms with E-state index in [0.717, 1.165) is 40.9 Å². The van der Waals surface area contributed by atoms with Crippen molar-refractivity contribution in [1.29, 1.82) is 0 Å². The van der Waals surface area contributed by atoms with Crippen LogP contribution in [0.15, 0.2) is 65.8 Å². The molecule has 4 aromatic rings. The van der Waals surface area contributed by atoms with Gasteiger partial charge in [0.1, 0.15) is 6.33 Å². The third kappa shape index (κ3) is 4.76. The normalized spacial score (nSPS) is 11.6. The molecule has 4 rings (SSSR count). The van der Waals surface area contributed by atoms with Gasteiger partial charge in [0.05, 0.1) is 12.2 Å². The van der Waals surface area contributed by atoms with Gasteiger partial charge in [-0.1, -0.05) is 76.6 Å². The molecule has 0 N–H and O–H groups in total. The number of unbranched alkanes of at least 4 members (excludes halogenated alkanes) is 1. The van der Waals surface area contributed by atoms with Gasteiger partial charge in [-0.05, 0) is 34.0 Å². The SMILES string of the molecule is CCCCC(=O)n1cc(C(C)(C)C)n(Cc2ccc(-c3ccccc3-n3cnnn3)cc2)c1=O. The van der Waals surface area contributed by atoms with Crippen LogP contribution >= 0.6 is 0 Å². The molecular weight excluding hydrogens is 428 g/mol. The molecule has 0 saturated heterocycles. The first-order valence-electron chi connectivity index (χ1n) is 11.6. The lowest BCUT2D eigenvalue weighted by Gasteiger charge is -2.20. The van der Waals surface area contributed by atoms with E-state index in [9.17, 15) is 9.59 Å². The van der Waals surface area contributed by atoms with E-state index in [1.807, 2.05) is 55.5 Å². The van der Waals surface area contributed by atoms with E-state index in [0.29, 0.717) is 13.0 Å². The first kappa shape index (κ1) is 23.4. The van der Waals surface area contributed by atoms with Gasteiger partial charge in [0.15, 0.2) is 0 Å². The second-order valence-electron chi connectivity index (χ2n) is 9.47. The van der Waals surface area contributed by atoms with Gasteiger partial charge in [-0.3, -0.25) is 9.36 Å². The maximum Gasteiger partial charge on any atom is 0.335 e. The van der Waals surface area contributed by atoms with Crippen LogP contribution in [-0.2, 0) is 12.0 Å². The Morgan fingerprint density at radius 2 is 1.76 bits per heavy atom. The summed E-state index contributed by atoms with van der Waals surface area (Å²) in [5, 5.41) is 11.5. The van der Waals surface area contributed by atoms with Gasteiger partial charge in [0, 0.05) is 29.3 Å². The second-order valence-corrected chi connectivity index (χ2v) is 9.47. The van der Waals surface area contributed by atoms with Crippen molar-refractivity contribution >= 4 is 5.91 Å². The van der Waals surface area contributed by atoms with Gasteiger partial charge in [-0.15, -0.1) is 5.10 Å². The summed E-state index contributed by atoms with van der Waals surface area (Å²) in [4.78, 5) is 25.8. The summed E-state index contributed by atoms with van der Waals surface area (Å²) in [5.41, 5.74) is 4.17. The Morgan fingerprint density at radius 3 is 2.41 bits per heavy atom. The quantitative estimate of drug-likeness (QED) is 0.408. The molecule has 0 aliphatic heterocycles. The first-order valence-corrected chi connectivity index (χ1v) is 11.6. The molecule has 0 aliphatic rings. The highest BCUT2D eigenvalue weighted by Gasteiger charge is 2.24. The van der Waals surface area contributed by atoms with E-state index in [1.54, 1.807) is 21.8 Å². The maximum atomic E-state index is 13.2. The van der Waals surface area contributed by atoms with Crippen LogP contribution < -0.4 is 5.69 Å². The van der Waals surface area contributed by atoms with Gasteiger partial charge >= 0.3 is 5.69 Å². The summed E-state index contributed by atoms with van der Waals surface area (Å²) in [6.45, 7) is 8.59. The van der Waals surface area contributed by atoms with Crippen LogP contribution in [0.2, 0.25) is 0 Å². The van der Waals surface area contributed by atoms with E-state index in [2.05, 4.69) is 36.3 Å². The minimum atomic E-state index is -0.279. The van der Waals surface area contributed by atoms with Crippen molar-refractivity contribution in [3.63, 3.8) is 0 Å². The number of aromatic nitrogens is 6. The number of hydrogen-bond donors (Lipinski definition) is 0. The molecule has 2 aromatic heterocycles. The van der Waals surface area contributed by atoms with Crippen LogP contribution in [0.3, 0.4) is 0 Å². The Kier molecular flexibility index (Phi) is 6.58. The topological polar surface area (TPSA) is 87.6 Å². The largest absolute Gasteiger partial charge is 0.335 e. The summed E-state index contributed by atoms with van der Waals surface area (Å²) in [5.74, 6) is -0.148. The number of benzene rings is 2. The number of para-hydroxylation sites is 1. The van der Waals surface area contributed by atoms with Crippen LogP contribution in [-0.4, -0.2) is 35.2 Å². The van der Waals surface area contributed by atoms with Crippen LogP contribution in [0, 0.1) is 0 Å². The Labute approximate surface area is 198 Å². The standard InChI is InChI=1S/C26H30N6O2/c1-5-6-11-24(33)31-17-23(26(2,3)4)30(25(31)34)16-19-12-14-20(15-13-19)21-9-7-8-10-22(21)32-18-27-28-29-32/h7-10,12-15,17-18H,5-6,11,16H2,1-4H3. The Morgan fingerprint density at radius 1 is 1.03 bits per heavy atom. The minimum absolute atomic E-state index is 0.148. The van der Waals surface area contributed by atoms with E-state index in [1.165, 1.54) is 4.57 Å². The number of carbonyl (C=O) groups excluding carboxylic acids is 1. The Bertz CT molecular complexity index is 1330. The Hall–Kier alpha value is -3.81. The van der Waals surface area contributed by atoms with Crippen molar-refractivity contribution in [3.8, 4) is 16.8 Å². The highest BCUT2D eigenvalue weighted by molar-refractivity contribution is 5.78. The lowest BCUT2D eigenvalue weighted by atomic mass is 9.92. The molecule has 0 atom stereocenters. The van der Waals surface area contributed by atoms with Crippen LogP contribution in [0.5, 0.6) is 0 Å². The van der Waals surface area contributed by atoms with E-state index < -0.39 is 0 Å². The molecule has 0 amide bonds. The van der Waals surface area contributed by atoms with Gasteiger partial charge in [0.25, 0.3) is 0 Å². The lowest BCUT2D eigenvalue weighted by Crippen LogP contribution is -2.30. The number of carbonyl (C=O) groups is 1. The number of imidazole rings is 1. The third-order valence-corrected chi connectivity index (χ3v) is 5.87. The minimum Gasteiger partial charge on any atom is -0.291 e. The summed E-state index contributed by atoms with van der Waals surface area (Å²) >= 11 is 0. The fourth-order valence-electron chi connectivity index (χ4n) is 4.02. The average Bonchev–Trinajstić information content (AvgIpc) is 3.47. The van der Waals surface area contributed by atoms with Crippen molar-refractivity contribution in [3.05, 3.63) is 82.8 Å². The monoisotopic (exact) mass is 458 g/mol. The van der Waals surface area contributed by atoms with Crippen molar-refractivity contribution in [2.45, 2.75) is 58.9 Å². The second kappa shape index (κ2) is 9.59. The lowest BCUT2D eigenvalue weighted by molar-refractivity contribution is 0.0894. The number of nitrogens with zero attached hydrogens (tertiary/aromatic N) is 6. The van der Waals surface area contributed by atoms with Crippen LogP contribution in [0.1, 0.15) is 63.0 Å². The molecule has 0 fully saturated rings. The Balaban J connectivity index is 1.66. The summed E-state index contributed by atoms with van der Waals surface area (Å²) in [7, 11) is 0. The molecule has 8 heteroatoms. The zero-order chi connectivity index (χ0) is 24.3. The predicted octanol–water partition coefficient (Wildman–Crippen LogP) is 4.47. The van der Waals surface area contributed by atoms with E-state index in [-0.39, 0.29) is 17.0 Å². The summed E-state index contributed by atoms with van der Waals surface area (Å²) in [6, 6.07) is 16.0. The molecule has 2 heterocycles. The van der Waals surface area contributed by atoms with Gasteiger partial charge in [-0.2, -0.15) is 4.68 Å². The highest BCUT2D eigenvalue weighted by Crippen LogP contribution is 2.27. The van der Waals surface area contributed by atoms with Crippen molar-refractivity contribution in [2.24, 2.45) is 0 Å². The highest BCUT2D eigenvalue weighted by atomic mass is 16.2.